The van der Waals surface area contributed by atoms with Crippen molar-refractivity contribution in [1.29, 1.82) is 0 Å². The molecule has 4 heteroatoms. The minimum atomic E-state index is 0.128. The van der Waals surface area contributed by atoms with Gasteiger partial charge in [-0.1, -0.05) is 0 Å². The molecule has 1 amide bonds. The van der Waals surface area contributed by atoms with Crippen molar-refractivity contribution < 1.29 is 4.79 Å². The number of rotatable bonds is 2. The van der Waals surface area contributed by atoms with Crippen molar-refractivity contribution in [2.75, 3.05) is 32.1 Å². The van der Waals surface area contributed by atoms with Crippen LogP contribution >= 0.6 is 0 Å². The number of carbonyl (C=O) groups is 1. The van der Waals surface area contributed by atoms with Gasteiger partial charge in [0.15, 0.2) is 0 Å². The average molecular weight is 219 g/mol. The first-order chi connectivity index (χ1) is 7.68. The Morgan fingerprint density at radius 1 is 1.38 bits per heavy atom. The molecule has 0 spiro atoms. The molecule has 4 nitrogen and oxygen atoms in total. The van der Waals surface area contributed by atoms with Crippen LogP contribution in [0.3, 0.4) is 0 Å². The van der Waals surface area contributed by atoms with Crippen molar-refractivity contribution in [3.8, 4) is 0 Å². The van der Waals surface area contributed by atoms with Crippen LogP contribution in [0, 0.1) is 0 Å². The summed E-state index contributed by atoms with van der Waals surface area (Å²) in [7, 11) is 3.85. The van der Waals surface area contributed by atoms with Gasteiger partial charge in [0.05, 0.1) is 0 Å². The van der Waals surface area contributed by atoms with Crippen LogP contribution in [0.25, 0.3) is 0 Å². The highest BCUT2D eigenvalue weighted by atomic mass is 16.2. The van der Waals surface area contributed by atoms with Crippen molar-refractivity contribution in [3.63, 3.8) is 0 Å². The molecule has 0 aliphatic carbocycles. The highest BCUT2D eigenvalue weighted by Crippen LogP contribution is 2.15. The van der Waals surface area contributed by atoms with Gasteiger partial charge in [0, 0.05) is 38.9 Å². The van der Waals surface area contributed by atoms with Gasteiger partial charge in [0.25, 0.3) is 5.91 Å². The summed E-state index contributed by atoms with van der Waals surface area (Å²) < 4.78 is 0. The van der Waals surface area contributed by atoms with Gasteiger partial charge in [0.2, 0.25) is 0 Å². The Hall–Kier alpha value is -1.58. The highest BCUT2D eigenvalue weighted by Gasteiger charge is 2.19. The van der Waals surface area contributed by atoms with E-state index in [9.17, 15) is 4.79 Å². The summed E-state index contributed by atoms with van der Waals surface area (Å²) in [4.78, 5) is 20.1. The van der Waals surface area contributed by atoms with E-state index in [4.69, 9.17) is 0 Å². The number of carbonyl (C=O) groups excluding carboxylic acids is 1. The Kier molecular flexibility index (Phi) is 3.08. The van der Waals surface area contributed by atoms with Crippen LogP contribution in [0.2, 0.25) is 0 Å². The monoisotopic (exact) mass is 219 g/mol. The topological polar surface area (TPSA) is 36.4 Å². The zero-order chi connectivity index (χ0) is 11.5. The Balaban J connectivity index is 2.19. The summed E-state index contributed by atoms with van der Waals surface area (Å²) in [6.07, 6.45) is 3.94. The summed E-state index contributed by atoms with van der Waals surface area (Å²) in [6.45, 7) is 1.77. The minimum absolute atomic E-state index is 0.128. The van der Waals surface area contributed by atoms with Crippen LogP contribution in [-0.4, -0.2) is 43.0 Å². The van der Waals surface area contributed by atoms with Gasteiger partial charge in [0.1, 0.15) is 5.82 Å². The summed E-state index contributed by atoms with van der Waals surface area (Å²) in [5, 5.41) is 0. The molecule has 2 rings (SSSR count). The molecule has 0 aromatic carbocycles. The predicted octanol–water partition coefficient (Wildman–Crippen LogP) is 1.38. The van der Waals surface area contributed by atoms with E-state index < -0.39 is 0 Å². The maximum absolute atomic E-state index is 12.1. The molecule has 1 aromatic rings. The Labute approximate surface area is 95.9 Å². The van der Waals surface area contributed by atoms with E-state index >= 15 is 0 Å². The molecule has 1 aromatic heterocycles. The minimum Gasteiger partial charge on any atom is -0.363 e. The molecule has 0 saturated carbocycles. The lowest BCUT2D eigenvalue weighted by molar-refractivity contribution is 0.0793. The molecular weight excluding hydrogens is 202 g/mol. The third-order valence-corrected chi connectivity index (χ3v) is 2.84. The quantitative estimate of drug-likeness (QED) is 0.754. The number of nitrogens with zero attached hydrogens (tertiary/aromatic N) is 3. The number of aromatic nitrogens is 1. The molecule has 0 N–H and O–H groups in total. The summed E-state index contributed by atoms with van der Waals surface area (Å²) in [5.41, 5.74) is 0.737. The normalized spacial score (nSPS) is 15.2. The second-order valence-electron chi connectivity index (χ2n) is 4.30. The zero-order valence-electron chi connectivity index (χ0n) is 9.81. The number of hydrogen-bond donors (Lipinski definition) is 0. The van der Waals surface area contributed by atoms with Crippen molar-refractivity contribution in [3.05, 3.63) is 23.9 Å². The standard InChI is InChI=1S/C12H17N3O/c1-14(2)11-9-10(5-6-13-11)12(16)15-7-3-4-8-15/h5-6,9H,3-4,7-8H2,1-2H3. The van der Waals surface area contributed by atoms with Crippen LogP contribution in [-0.2, 0) is 0 Å². The van der Waals surface area contributed by atoms with Gasteiger partial charge >= 0.3 is 0 Å². The van der Waals surface area contributed by atoms with E-state index in [0.717, 1.165) is 37.3 Å². The Morgan fingerprint density at radius 2 is 2.06 bits per heavy atom. The van der Waals surface area contributed by atoms with E-state index in [0.29, 0.717) is 0 Å². The van der Waals surface area contributed by atoms with E-state index in [1.807, 2.05) is 30.0 Å². The number of anilines is 1. The van der Waals surface area contributed by atoms with Gasteiger partial charge in [-0.3, -0.25) is 4.79 Å². The van der Waals surface area contributed by atoms with Crippen LogP contribution < -0.4 is 4.90 Å². The van der Waals surface area contributed by atoms with Crippen LogP contribution in [0.4, 0.5) is 5.82 Å². The smallest absolute Gasteiger partial charge is 0.254 e. The van der Waals surface area contributed by atoms with Gasteiger partial charge in [-0.15, -0.1) is 0 Å². The Morgan fingerprint density at radius 3 is 2.69 bits per heavy atom. The molecule has 0 unspecified atom stereocenters. The predicted molar refractivity (Wildman–Crippen MR) is 63.7 cm³/mol. The van der Waals surface area contributed by atoms with E-state index in [-0.39, 0.29) is 5.91 Å². The first kappa shape index (κ1) is 10.9. The fraction of sp³-hybridized carbons (Fsp3) is 0.500. The molecule has 1 saturated heterocycles. The van der Waals surface area contributed by atoms with Gasteiger partial charge in [-0.05, 0) is 25.0 Å². The third-order valence-electron chi connectivity index (χ3n) is 2.84. The molecule has 0 radical (unpaired) electrons. The van der Waals surface area contributed by atoms with Crippen molar-refractivity contribution in [2.45, 2.75) is 12.8 Å². The number of likely N-dealkylation sites (tertiary alicyclic amines) is 1. The molecule has 86 valence electrons. The lowest BCUT2D eigenvalue weighted by Gasteiger charge is -2.17. The first-order valence-corrected chi connectivity index (χ1v) is 5.61. The van der Waals surface area contributed by atoms with Crippen molar-refractivity contribution >= 4 is 11.7 Å². The first-order valence-electron chi connectivity index (χ1n) is 5.61. The van der Waals surface area contributed by atoms with Gasteiger partial charge < -0.3 is 9.80 Å². The summed E-state index contributed by atoms with van der Waals surface area (Å²) in [6, 6.07) is 3.63. The second kappa shape index (κ2) is 4.51. The number of hydrogen-bond acceptors (Lipinski definition) is 3. The average Bonchev–Trinajstić information content (AvgIpc) is 2.81. The second-order valence-corrected chi connectivity index (χ2v) is 4.30. The van der Waals surface area contributed by atoms with Crippen molar-refractivity contribution in [2.24, 2.45) is 0 Å². The number of pyridine rings is 1. The molecule has 0 bridgehead atoms. The van der Waals surface area contributed by atoms with Crippen LogP contribution in [0.1, 0.15) is 23.2 Å². The largest absolute Gasteiger partial charge is 0.363 e. The van der Waals surface area contributed by atoms with Gasteiger partial charge in [-0.25, -0.2) is 4.98 Å². The lowest BCUT2D eigenvalue weighted by atomic mass is 10.2. The van der Waals surface area contributed by atoms with Crippen molar-refractivity contribution in [1.82, 2.24) is 9.88 Å². The maximum Gasteiger partial charge on any atom is 0.254 e. The fourth-order valence-electron chi connectivity index (χ4n) is 1.90. The van der Waals surface area contributed by atoms with E-state index in [1.54, 1.807) is 12.3 Å². The maximum atomic E-state index is 12.1. The molecule has 2 heterocycles. The molecule has 1 fully saturated rings. The van der Waals surface area contributed by atoms with Crippen LogP contribution in [0.15, 0.2) is 18.3 Å². The Bertz CT molecular complexity index is 384. The van der Waals surface area contributed by atoms with Crippen LogP contribution in [0.5, 0.6) is 0 Å². The molecule has 0 atom stereocenters. The van der Waals surface area contributed by atoms with E-state index in [2.05, 4.69) is 4.98 Å². The third kappa shape index (κ3) is 2.15. The number of amides is 1. The summed E-state index contributed by atoms with van der Waals surface area (Å²) >= 11 is 0. The molecule has 1 aliphatic rings. The highest BCUT2D eigenvalue weighted by molar-refractivity contribution is 5.95. The molecular formula is C12H17N3O. The summed E-state index contributed by atoms with van der Waals surface area (Å²) in [5.74, 6) is 0.952. The lowest BCUT2D eigenvalue weighted by Crippen LogP contribution is -2.27. The SMILES string of the molecule is CN(C)c1cc(C(=O)N2CCCC2)ccn1. The molecule has 1 aliphatic heterocycles. The van der Waals surface area contributed by atoms with E-state index in [1.165, 1.54) is 0 Å². The fourth-order valence-corrected chi connectivity index (χ4v) is 1.90. The molecule has 16 heavy (non-hydrogen) atoms. The zero-order valence-corrected chi connectivity index (χ0v) is 9.81. The van der Waals surface area contributed by atoms with Gasteiger partial charge in [-0.2, -0.15) is 0 Å².